The van der Waals surface area contributed by atoms with Crippen molar-refractivity contribution in [1.29, 1.82) is 0 Å². The summed E-state index contributed by atoms with van der Waals surface area (Å²) in [4.78, 5) is 2.27. The summed E-state index contributed by atoms with van der Waals surface area (Å²) in [5.41, 5.74) is 6.75. The number of thioether (sulfide) groups is 1. The van der Waals surface area contributed by atoms with Crippen LogP contribution in [0.3, 0.4) is 0 Å². The molecule has 0 radical (unpaired) electrons. The van der Waals surface area contributed by atoms with Gasteiger partial charge in [-0.2, -0.15) is 11.8 Å². The average Bonchev–Trinajstić information content (AvgIpc) is 2.30. The maximum absolute atomic E-state index is 12.8. The topological polar surface area (TPSA) is 29.3 Å². The summed E-state index contributed by atoms with van der Waals surface area (Å²) in [5, 5.41) is 0.504. The van der Waals surface area contributed by atoms with Gasteiger partial charge in [-0.1, -0.05) is 0 Å². The third-order valence-corrected chi connectivity index (χ3v) is 3.82. The van der Waals surface area contributed by atoms with Crippen LogP contribution in [-0.4, -0.2) is 30.6 Å². The molecular weight excluding hydrogens is 211 g/mol. The van der Waals surface area contributed by atoms with E-state index in [0.29, 0.717) is 11.8 Å². The fraction of sp³-hybridized carbons (Fsp3) is 0.455. The molecule has 1 atom stereocenters. The van der Waals surface area contributed by atoms with E-state index in [0.717, 1.165) is 24.5 Å². The molecule has 2 N–H and O–H groups in total. The van der Waals surface area contributed by atoms with Crippen LogP contribution in [0.2, 0.25) is 0 Å². The van der Waals surface area contributed by atoms with Gasteiger partial charge in [0, 0.05) is 36.3 Å². The predicted molar refractivity (Wildman–Crippen MR) is 63.9 cm³/mol. The Hall–Kier alpha value is -0.740. The molecule has 15 heavy (non-hydrogen) atoms. The second-order valence-electron chi connectivity index (χ2n) is 3.65. The maximum Gasteiger partial charge on any atom is 0.123 e. The zero-order valence-electron chi connectivity index (χ0n) is 8.53. The molecule has 2 nitrogen and oxygen atoms in total. The van der Waals surface area contributed by atoms with Gasteiger partial charge in [-0.25, -0.2) is 4.39 Å². The number of hydrogen-bond acceptors (Lipinski definition) is 3. The van der Waals surface area contributed by atoms with Crippen molar-refractivity contribution in [2.75, 3.05) is 30.3 Å². The third kappa shape index (κ3) is 2.63. The summed E-state index contributed by atoms with van der Waals surface area (Å²) in [6, 6.07) is 6.68. The molecule has 82 valence electrons. The van der Waals surface area contributed by atoms with Crippen molar-refractivity contribution in [3.63, 3.8) is 0 Å². The Morgan fingerprint density at radius 1 is 1.40 bits per heavy atom. The van der Waals surface area contributed by atoms with E-state index >= 15 is 0 Å². The third-order valence-electron chi connectivity index (χ3n) is 2.59. The Morgan fingerprint density at radius 2 is 2.13 bits per heavy atom. The first-order valence-corrected chi connectivity index (χ1v) is 6.16. The summed E-state index contributed by atoms with van der Waals surface area (Å²) in [6.07, 6.45) is 0. The number of anilines is 1. The average molecular weight is 226 g/mol. The van der Waals surface area contributed by atoms with Crippen molar-refractivity contribution >= 4 is 17.4 Å². The predicted octanol–water partition coefficient (Wildman–Crippen LogP) is 1.71. The molecule has 0 bridgehead atoms. The van der Waals surface area contributed by atoms with Crippen LogP contribution in [0, 0.1) is 5.82 Å². The van der Waals surface area contributed by atoms with Gasteiger partial charge >= 0.3 is 0 Å². The minimum Gasteiger partial charge on any atom is -0.370 e. The molecule has 2 rings (SSSR count). The highest BCUT2D eigenvalue weighted by molar-refractivity contribution is 8.00. The molecule has 1 unspecified atom stereocenters. The largest absolute Gasteiger partial charge is 0.370 e. The molecule has 0 aliphatic carbocycles. The van der Waals surface area contributed by atoms with Crippen LogP contribution in [0.25, 0.3) is 0 Å². The highest BCUT2D eigenvalue weighted by atomic mass is 32.2. The van der Waals surface area contributed by atoms with E-state index in [4.69, 9.17) is 5.73 Å². The van der Waals surface area contributed by atoms with Crippen molar-refractivity contribution in [1.82, 2.24) is 0 Å². The Balaban J connectivity index is 2.06. The van der Waals surface area contributed by atoms with E-state index in [1.807, 2.05) is 23.9 Å². The lowest BCUT2D eigenvalue weighted by Crippen LogP contribution is -2.40. The molecule has 0 saturated carbocycles. The summed E-state index contributed by atoms with van der Waals surface area (Å²) >= 11 is 1.92. The quantitative estimate of drug-likeness (QED) is 0.832. The number of nitrogens with two attached hydrogens (primary N) is 1. The lowest BCUT2D eigenvalue weighted by Gasteiger charge is -2.33. The summed E-state index contributed by atoms with van der Waals surface area (Å²) in [6.45, 7) is 2.70. The zero-order valence-corrected chi connectivity index (χ0v) is 9.34. The summed E-state index contributed by atoms with van der Waals surface area (Å²) in [5.74, 6) is 0.916. The number of benzene rings is 1. The zero-order chi connectivity index (χ0) is 10.7. The molecule has 1 aliphatic rings. The first-order chi connectivity index (χ1) is 7.29. The molecule has 0 spiro atoms. The number of rotatable bonds is 2. The van der Waals surface area contributed by atoms with Gasteiger partial charge in [-0.3, -0.25) is 0 Å². The number of halogens is 1. The number of nitrogens with zero attached hydrogens (tertiary/aromatic N) is 1. The summed E-state index contributed by atoms with van der Waals surface area (Å²) < 4.78 is 12.8. The van der Waals surface area contributed by atoms with Crippen molar-refractivity contribution in [2.45, 2.75) is 5.25 Å². The molecule has 1 aliphatic heterocycles. The van der Waals surface area contributed by atoms with Crippen LogP contribution in [0.4, 0.5) is 10.1 Å². The van der Waals surface area contributed by atoms with E-state index in [-0.39, 0.29) is 5.82 Å². The van der Waals surface area contributed by atoms with Crippen molar-refractivity contribution < 1.29 is 4.39 Å². The van der Waals surface area contributed by atoms with Crippen LogP contribution >= 0.6 is 11.8 Å². The fourth-order valence-electron chi connectivity index (χ4n) is 1.75. The van der Waals surface area contributed by atoms with Gasteiger partial charge in [0.2, 0.25) is 0 Å². The first-order valence-electron chi connectivity index (χ1n) is 5.12. The standard InChI is InChI=1S/C11H15FN2S/c12-9-1-3-10(4-2-9)14-5-6-15-11(7-13)8-14/h1-4,11H,5-8,13H2. The van der Waals surface area contributed by atoms with Gasteiger partial charge in [0.25, 0.3) is 0 Å². The molecule has 1 fully saturated rings. The van der Waals surface area contributed by atoms with Gasteiger partial charge in [-0.15, -0.1) is 0 Å². The monoisotopic (exact) mass is 226 g/mol. The Bertz CT molecular complexity index is 315. The Kier molecular flexibility index (Phi) is 3.49. The van der Waals surface area contributed by atoms with Crippen LogP contribution in [0.15, 0.2) is 24.3 Å². The molecule has 0 amide bonds. The smallest absolute Gasteiger partial charge is 0.123 e. The molecule has 0 aromatic heterocycles. The van der Waals surface area contributed by atoms with Crippen molar-refractivity contribution in [3.05, 3.63) is 30.1 Å². The van der Waals surface area contributed by atoms with Crippen molar-refractivity contribution in [3.8, 4) is 0 Å². The molecule has 1 aromatic carbocycles. The second-order valence-corrected chi connectivity index (χ2v) is 5.06. The lowest BCUT2D eigenvalue weighted by atomic mass is 10.2. The van der Waals surface area contributed by atoms with Crippen LogP contribution in [0.5, 0.6) is 0 Å². The Morgan fingerprint density at radius 3 is 2.80 bits per heavy atom. The highest BCUT2D eigenvalue weighted by Gasteiger charge is 2.19. The van der Waals surface area contributed by atoms with E-state index < -0.39 is 0 Å². The number of hydrogen-bond donors (Lipinski definition) is 1. The van der Waals surface area contributed by atoms with Gasteiger partial charge in [-0.05, 0) is 24.3 Å². The molecule has 1 heterocycles. The normalized spacial score (nSPS) is 21.7. The minimum atomic E-state index is -0.180. The molecule has 1 aromatic rings. The van der Waals surface area contributed by atoms with Gasteiger partial charge < -0.3 is 10.6 Å². The van der Waals surface area contributed by atoms with Crippen molar-refractivity contribution in [2.24, 2.45) is 5.73 Å². The molecule has 4 heteroatoms. The van der Waals surface area contributed by atoms with Crippen LogP contribution in [0.1, 0.15) is 0 Å². The van der Waals surface area contributed by atoms with Gasteiger partial charge in [0.15, 0.2) is 0 Å². The minimum absolute atomic E-state index is 0.180. The Labute approximate surface area is 93.6 Å². The van der Waals surface area contributed by atoms with E-state index in [9.17, 15) is 4.39 Å². The molecular formula is C11H15FN2S. The second kappa shape index (κ2) is 4.86. The maximum atomic E-state index is 12.8. The van der Waals surface area contributed by atoms with Gasteiger partial charge in [0.05, 0.1) is 0 Å². The van der Waals surface area contributed by atoms with Crippen LogP contribution < -0.4 is 10.6 Å². The van der Waals surface area contributed by atoms with Gasteiger partial charge in [0.1, 0.15) is 5.82 Å². The highest BCUT2D eigenvalue weighted by Crippen LogP contribution is 2.23. The first kappa shape index (κ1) is 10.8. The molecule has 1 saturated heterocycles. The fourth-order valence-corrected chi connectivity index (χ4v) is 2.83. The lowest BCUT2D eigenvalue weighted by molar-refractivity contribution is 0.627. The van der Waals surface area contributed by atoms with Crippen LogP contribution in [-0.2, 0) is 0 Å². The van der Waals surface area contributed by atoms with E-state index in [2.05, 4.69) is 4.90 Å². The summed E-state index contributed by atoms with van der Waals surface area (Å²) in [7, 11) is 0. The van der Waals surface area contributed by atoms with E-state index in [1.54, 1.807) is 0 Å². The SMILES string of the molecule is NCC1CN(c2ccc(F)cc2)CCS1. The van der Waals surface area contributed by atoms with E-state index in [1.165, 1.54) is 12.1 Å².